The fraction of sp³-hybridized carbons (Fsp3) is 0.533. The molecule has 0 radical (unpaired) electrons. The molecule has 17 heavy (non-hydrogen) atoms. The Morgan fingerprint density at radius 2 is 2.24 bits per heavy atom. The van der Waals surface area contributed by atoms with Crippen molar-refractivity contribution in [3.05, 3.63) is 29.3 Å². The van der Waals surface area contributed by atoms with E-state index in [1.54, 1.807) is 7.11 Å². The van der Waals surface area contributed by atoms with Crippen LogP contribution in [0.1, 0.15) is 37.3 Å². The molecule has 0 aliphatic heterocycles. The van der Waals surface area contributed by atoms with Gasteiger partial charge in [-0.1, -0.05) is 19.1 Å². The second-order valence-electron chi connectivity index (χ2n) is 4.76. The van der Waals surface area contributed by atoms with Crippen LogP contribution in [0, 0.1) is 5.92 Å². The molecular formula is C15H20O2. The molecule has 2 rings (SSSR count). The van der Waals surface area contributed by atoms with E-state index in [-0.39, 0.29) is 5.92 Å². The Balaban J connectivity index is 2.13. The number of hydrogen-bond donors (Lipinski definition) is 0. The Hall–Kier alpha value is -1.31. The fourth-order valence-corrected chi connectivity index (χ4v) is 2.62. The van der Waals surface area contributed by atoms with Crippen LogP contribution in [-0.2, 0) is 17.6 Å². The van der Waals surface area contributed by atoms with Crippen molar-refractivity contribution in [1.82, 2.24) is 0 Å². The van der Waals surface area contributed by atoms with Crippen LogP contribution in [0.15, 0.2) is 18.2 Å². The summed E-state index contributed by atoms with van der Waals surface area (Å²) < 4.78 is 5.32. The molecule has 2 nitrogen and oxygen atoms in total. The molecular weight excluding hydrogens is 212 g/mol. The Labute approximate surface area is 103 Å². The van der Waals surface area contributed by atoms with Crippen molar-refractivity contribution in [2.45, 2.75) is 39.0 Å². The van der Waals surface area contributed by atoms with Gasteiger partial charge in [0.05, 0.1) is 7.11 Å². The van der Waals surface area contributed by atoms with Gasteiger partial charge in [0, 0.05) is 12.3 Å². The number of Topliss-reactive ketones (excluding diaryl/α,β-unsaturated/α-hetero) is 1. The maximum absolute atomic E-state index is 11.6. The number of ketones is 1. The lowest BCUT2D eigenvalue weighted by Crippen LogP contribution is -2.09. The van der Waals surface area contributed by atoms with E-state index in [4.69, 9.17) is 4.74 Å². The third-order valence-corrected chi connectivity index (χ3v) is 3.64. The summed E-state index contributed by atoms with van der Waals surface area (Å²) in [5.74, 6) is 1.65. The van der Waals surface area contributed by atoms with Crippen molar-refractivity contribution in [2.75, 3.05) is 7.11 Å². The highest BCUT2D eigenvalue weighted by Gasteiger charge is 2.24. The number of hydrogen-bond acceptors (Lipinski definition) is 2. The molecule has 92 valence electrons. The largest absolute Gasteiger partial charge is 0.496 e. The first-order valence-corrected chi connectivity index (χ1v) is 6.43. The lowest BCUT2D eigenvalue weighted by molar-refractivity contribution is -0.120. The van der Waals surface area contributed by atoms with Crippen LogP contribution >= 0.6 is 0 Å². The normalized spacial score (nSPS) is 19.6. The summed E-state index contributed by atoms with van der Waals surface area (Å²) in [5, 5.41) is 0. The number of carbonyl (C=O) groups excluding carboxylic acids is 1. The molecule has 1 atom stereocenters. The molecule has 0 saturated heterocycles. The van der Waals surface area contributed by atoms with E-state index in [0.717, 1.165) is 37.9 Å². The first-order chi connectivity index (χ1) is 8.24. The highest BCUT2D eigenvalue weighted by atomic mass is 16.5. The van der Waals surface area contributed by atoms with E-state index < -0.39 is 0 Å². The monoisotopic (exact) mass is 232 g/mol. The van der Waals surface area contributed by atoms with Gasteiger partial charge in [0.25, 0.3) is 0 Å². The molecule has 0 N–H and O–H groups in total. The third-order valence-electron chi connectivity index (χ3n) is 3.64. The molecule has 1 aliphatic rings. The quantitative estimate of drug-likeness (QED) is 0.797. The van der Waals surface area contributed by atoms with Gasteiger partial charge in [0.2, 0.25) is 0 Å². The summed E-state index contributed by atoms with van der Waals surface area (Å²) in [6, 6.07) is 6.29. The van der Waals surface area contributed by atoms with Crippen LogP contribution in [0.4, 0.5) is 0 Å². The summed E-state index contributed by atoms with van der Waals surface area (Å²) >= 11 is 0. The predicted octanol–water partition coefficient (Wildman–Crippen LogP) is 3.17. The molecule has 2 heteroatoms. The van der Waals surface area contributed by atoms with Gasteiger partial charge in [0.15, 0.2) is 0 Å². The van der Waals surface area contributed by atoms with E-state index in [9.17, 15) is 4.79 Å². The Morgan fingerprint density at radius 3 is 2.82 bits per heavy atom. The molecule has 1 aliphatic carbocycles. The van der Waals surface area contributed by atoms with E-state index >= 15 is 0 Å². The van der Waals surface area contributed by atoms with E-state index in [1.165, 1.54) is 11.1 Å². The zero-order valence-corrected chi connectivity index (χ0v) is 10.7. The van der Waals surface area contributed by atoms with Crippen molar-refractivity contribution in [1.29, 1.82) is 0 Å². The Kier molecular flexibility index (Phi) is 3.82. The minimum Gasteiger partial charge on any atom is -0.496 e. The van der Waals surface area contributed by atoms with Gasteiger partial charge < -0.3 is 4.74 Å². The molecule has 1 aromatic rings. The highest BCUT2D eigenvalue weighted by molar-refractivity contribution is 5.83. The van der Waals surface area contributed by atoms with Crippen LogP contribution in [0.25, 0.3) is 0 Å². The molecule has 0 heterocycles. The fourth-order valence-electron chi connectivity index (χ4n) is 2.62. The Morgan fingerprint density at radius 1 is 1.41 bits per heavy atom. The molecule has 1 unspecified atom stereocenters. The molecule has 0 amide bonds. The molecule has 0 spiro atoms. The van der Waals surface area contributed by atoms with Gasteiger partial charge in [0.1, 0.15) is 11.5 Å². The van der Waals surface area contributed by atoms with Crippen molar-refractivity contribution in [3.63, 3.8) is 0 Å². The third kappa shape index (κ3) is 2.68. The van der Waals surface area contributed by atoms with Crippen LogP contribution in [0.5, 0.6) is 5.75 Å². The zero-order valence-electron chi connectivity index (χ0n) is 10.7. The number of carbonyl (C=O) groups is 1. The van der Waals surface area contributed by atoms with Crippen LogP contribution in [0.3, 0.4) is 0 Å². The van der Waals surface area contributed by atoms with E-state index in [0.29, 0.717) is 5.78 Å². The lowest BCUT2D eigenvalue weighted by atomic mass is 9.95. The van der Waals surface area contributed by atoms with Gasteiger partial charge in [-0.15, -0.1) is 0 Å². The summed E-state index contributed by atoms with van der Waals surface area (Å²) in [5.41, 5.74) is 2.50. The van der Waals surface area contributed by atoms with Gasteiger partial charge in [-0.3, -0.25) is 4.79 Å². The van der Waals surface area contributed by atoms with E-state index in [2.05, 4.69) is 19.1 Å². The number of methoxy groups -OCH3 is 1. The van der Waals surface area contributed by atoms with Crippen molar-refractivity contribution >= 4 is 5.78 Å². The number of rotatable bonds is 4. The smallest absolute Gasteiger partial charge is 0.136 e. The lowest BCUT2D eigenvalue weighted by Gasteiger charge is -2.11. The highest BCUT2D eigenvalue weighted by Crippen LogP contribution is 2.27. The van der Waals surface area contributed by atoms with Gasteiger partial charge in [-0.2, -0.15) is 0 Å². The van der Waals surface area contributed by atoms with Gasteiger partial charge >= 0.3 is 0 Å². The van der Waals surface area contributed by atoms with Crippen LogP contribution in [0.2, 0.25) is 0 Å². The average molecular weight is 232 g/mol. The maximum atomic E-state index is 11.6. The number of benzene rings is 1. The van der Waals surface area contributed by atoms with Crippen LogP contribution < -0.4 is 4.74 Å². The molecule has 0 aromatic heterocycles. The van der Waals surface area contributed by atoms with E-state index in [1.807, 2.05) is 6.07 Å². The number of aryl methyl sites for hydroxylation is 1. The minimum atomic E-state index is 0.258. The summed E-state index contributed by atoms with van der Waals surface area (Å²) in [4.78, 5) is 11.6. The van der Waals surface area contributed by atoms with Crippen LogP contribution in [-0.4, -0.2) is 12.9 Å². The van der Waals surface area contributed by atoms with Crippen molar-refractivity contribution in [3.8, 4) is 5.75 Å². The maximum Gasteiger partial charge on any atom is 0.136 e. The zero-order chi connectivity index (χ0) is 12.3. The number of ether oxygens (including phenoxy) is 1. The predicted molar refractivity (Wildman–Crippen MR) is 68.4 cm³/mol. The molecule has 0 bridgehead atoms. The first-order valence-electron chi connectivity index (χ1n) is 6.43. The SMILES string of the molecule is CCc1cc(CC2CCCC2=O)ccc1OC. The Bertz CT molecular complexity index is 409. The summed E-state index contributed by atoms with van der Waals surface area (Å²) in [6.07, 6.45) is 4.78. The summed E-state index contributed by atoms with van der Waals surface area (Å²) in [6.45, 7) is 2.13. The molecule has 1 fully saturated rings. The molecule has 1 saturated carbocycles. The van der Waals surface area contributed by atoms with Gasteiger partial charge in [-0.25, -0.2) is 0 Å². The van der Waals surface area contributed by atoms with Crippen molar-refractivity contribution < 1.29 is 9.53 Å². The topological polar surface area (TPSA) is 26.3 Å². The molecule has 1 aromatic carbocycles. The van der Waals surface area contributed by atoms with Gasteiger partial charge in [-0.05, 0) is 42.9 Å². The standard InChI is InChI=1S/C15H20O2/c1-3-12-9-11(7-8-15(12)17-2)10-13-5-4-6-14(13)16/h7-9,13H,3-6,10H2,1-2H3. The van der Waals surface area contributed by atoms with Crippen molar-refractivity contribution in [2.24, 2.45) is 5.92 Å². The first kappa shape index (κ1) is 12.2. The minimum absolute atomic E-state index is 0.258. The second-order valence-corrected chi connectivity index (χ2v) is 4.76. The second kappa shape index (κ2) is 5.35. The summed E-state index contributed by atoms with van der Waals surface area (Å²) in [7, 11) is 1.70. The average Bonchev–Trinajstić information content (AvgIpc) is 2.75.